The Bertz CT molecular complexity index is 880. The highest BCUT2D eigenvalue weighted by atomic mass is 19.1. The molecule has 2 aromatic carbocycles. The first kappa shape index (κ1) is 19.9. The fourth-order valence-corrected chi connectivity index (χ4v) is 4.06. The van der Waals surface area contributed by atoms with Crippen LogP contribution in [0, 0.1) is 5.82 Å². The highest BCUT2D eigenvalue weighted by Gasteiger charge is 2.36. The third kappa shape index (κ3) is 4.16. The minimum absolute atomic E-state index is 0.0136. The molecule has 1 aliphatic heterocycles. The summed E-state index contributed by atoms with van der Waals surface area (Å²) in [7, 11) is 0. The van der Waals surface area contributed by atoms with Crippen molar-refractivity contribution in [2.45, 2.75) is 45.6 Å². The van der Waals surface area contributed by atoms with Crippen LogP contribution in [-0.4, -0.2) is 24.3 Å². The molecule has 0 aromatic heterocycles. The summed E-state index contributed by atoms with van der Waals surface area (Å²) in [6.07, 6.45) is 2.34. The van der Waals surface area contributed by atoms with Crippen molar-refractivity contribution in [2.75, 3.05) is 16.8 Å². The van der Waals surface area contributed by atoms with Crippen molar-refractivity contribution in [3.05, 3.63) is 59.4 Å². The second-order valence-corrected chi connectivity index (χ2v) is 7.78. The van der Waals surface area contributed by atoms with Crippen LogP contribution < -0.4 is 15.6 Å². The number of anilines is 2. The van der Waals surface area contributed by atoms with Gasteiger partial charge in [0.05, 0.1) is 6.21 Å². The standard InChI is InChI=1S/C22H27FN4O/c1-5-27-20-12-19(23)16(11-18(20)15(2)13-22(27,3)4)14-24-26-21(28)25-17-9-7-6-8-10-17/h6-12,14-15H,5,13H2,1-4H3,(H2,25,26,28)/b24-14+. The van der Waals surface area contributed by atoms with Gasteiger partial charge in [0.25, 0.3) is 0 Å². The number of carbonyl (C=O) groups excluding carboxylic acids is 1. The van der Waals surface area contributed by atoms with Gasteiger partial charge in [0.15, 0.2) is 0 Å². The summed E-state index contributed by atoms with van der Waals surface area (Å²) in [6.45, 7) is 9.46. The van der Waals surface area contributed by atoms with E-state index in [-0.39, 0.29) is 11.4 Å². The Morgan fingerprint density at radius 3 is 2.71 bits per heavy atom. The molecule has 1 atom stereocenters. The molecule has 2 amide bonds. The van der Waals surface area contributed by atoms with Crippen LogP contribution in [0.1, 0.15) is 51.2 Å². The molecule has 0 saturated carbocycles. The average molecular weight is 382 g/mol. The highest BCUT2D eigenvalue weighted by molar-refractivity contribution is 5.90. The number of carbonyl (C=O) groups is 1. The van der Waals surface area contributed by atoms with E-state index in [1.165, 1.54) is 6.21 Å². The smallest absolute Gasteiger partial charge is 0.339 e. The number of fused-ring (bicyclic) bond motifs is 1. The number of para-hydroxylation sites is 1. The van der Waals surface area contributed by atoms with Crippen LogP contribution in [0.3, 0.4) is 0 Å². The molecule has 148 valence electrons. The van der Waals surface area contributed by atoms with E-state index in [0.717, 1.165) is 24.2 Å². The quantitative estimate of drug-likeness (QED) is 0.571. The first-order chi connectivity index (χ1) is 13.3. The van der Waals surface area contributed by atoms with Gasteiger partial charge in [0, 0.05) is 29.0 Å². The maximum atomic E-state index is 14.7. The van der Waals surface area contributed by atoms with Crippen molar-refractivity contribution >= 4 is 23.6 Å². The van der Waals surface area contributed by atoms with E-state index in [9.17, 15) is 9.18 Å². The van der Waals surface area contributed by atoms with Crippen molar-refractivity contribution in [1.29, 1.82) is 0 Å². The molecule has 0 bridgehead atoms. The third-order valence-corrected chi connectivity index (χ3v) is 5.22. The normalized spacial score (nSPS) is 18.0. The number of hydrazone groups is 1. The molecule has 1 aliphatic rings. The minimum atomic E-state index is -0.479. The van der Waals surface area contributed by atoms with Gasteiger partial charge in [-0.1, -0.05) is 25.1 Å². The topological polar surface area (TPSA) is 56.7 Å². The summed E-state index contributed by atoms with van der Waals surface area (Å²) in [5, 5.41) is 6.56. The molecule has 6 heteroatoms. The van der Waals surface area contributed by atoms with E-state index >= 15 is 0 Å². The summed E-state index contributed by atoms with van der Waals surface area (Å²) in [6, 6.07) is 12.0. The van der Waals surface area contributed by atoms with Crippen LogP contribution >= 0.6 is 0 Å². The van der Waals surface area contributed by atoms with Gasteiger partial charge < -0.3 is 10.2 Å². The summed E-state index contributed by atoms with van der Waals surface area (Å²) in [5.41, 5.74) is 5.43. The van der Waals surface area contributed by atoms with Gasteiger partial charge in [-0.25, -0.2) is 14.6 Å². The van der Waals surface area contributed by atoms with Crippen molar-refractivity contribution in [2.24, 2.45) is 5.10 Å². The maximum Gasteiger partial charge on any atom is 0.339 e. The Morgan fingerprint density at radius 2 is 2.04 bits per heavy atom. The van der Waals surface area contributed by atoms with E-state index in [2.05, 4.69) is 48.4 Å². The van der Waals surface area contributed by atoms with Crippen LogP contribution in [0.2, 0.25) is 0 Å². The van der Waals surface area contributed by atoms with Gasteiger partial charge in [0.2, 0.25) is 0 Å². The van der Waals surface area contributed by atoms with Gasteiger partial charge in [-0.2, -0.15) is 5.10 Å². The Morgan fingerprint density at radius 1 is 1.32 bits per heavy atom. The number of amides is 2. The van der Waals surface area contributed by atoms with E-state index in [1.54, 1.807) is 18.2 Å². The van der Waals surface area contributed by atoms with Crippen molar-refractivity contribution in [3.8, 4) is 0 Å². The Balaban J connectivity index is 1.76. The SMILES string of the molecule is CCN1c2cc(F)c(/C=N/NC(=O)Nc3ccccc3)cc2C(C)CC1(C)C. The molecular weight excluding hydrogens is 355 g/mol. The van der Waals surface area contributed by atoms with Crippen LogP contribution in [0.25, 0.3) is 0 Å². The fraction of sp³-hybridized carbons (Fsp3) is 0.364. The van der Waals surface area contributed by atoms with E-state index < -0.39 is 6.03 Å². The number of halogens is 1. The molecule has 2 N–H and O–H groups in total. The Hall–Kier alpha value is -2.89. The van der Waals surface area contributed by atoms with E-state index in [1.807, 2.05) is 24.3 Å². The van der Waals surface area contributed by atoms with E-state index in [0.29, 0.717) is 17.2 Å². The molecule has 1 unspecified atom stereocenters. The molecule has 3 rings (SSSR count). The zero-order valence-electron chi connectivity index (χ0n) is 16.8. The summed E-state index contributed by atoms with van der Waals surface area (Å²) < 4.78 is 14.7. The number of rotatable bonds is 4. The fourth-order valence-electron chi connectivity index (χ4n) is 4.06. The van der Waals surface area contributed by atoms with Gasteiger partial charge in [-0.3, -0.25) is 0 Å². The zero-order valence-corrected chi connectivity index (χ0v) is 16.8. The number of urea groups is 1. The van der Waals surface area contributed by atoms with Crippen molar-refractivity contribution < 1.29 is 9.18 Å². The van der Waals surface area contributed by atoms with Crippen LogP contribution in [0.15, 0.2) is 47.6 Å². The van der Waals surface area contributed by atoms with Crippen LogP contribution in [0.5, 0.6) is 0 Å². The first-order valence-electron chi connectivity index (χ1n) is 9.58. The number of nitrogens with one attached hydrogen (secondary N) is 2. The predicted octanol–water partition coefficient (Wildman–Crippen LogP) is 5.09. The lowest BCUT2D eigenvalue weighted by Crippen LogP contribution is -2.48. The second kappa shape index (κ2) is 8.00. The molecular formula is C22H27FN4O. The number of hydrogen-bond donors (Lipinski definition) is 2. The zero-order chi connectivity index (χ0) is 20.3. The summed E-state index contributed by atoms with van der Waals surface area (Å²) in [5.74, 6) is -0.0361. The van der Waals surface area contributed by atoms with Gasteiger partial charge in [-0.05, 0) is 62.9 Å². The number of benzene rings is 2. The Kier molecular flexibility index (Phi) is 5.68. The average Bonchev–Trinajstić information content (AvgIpc) is 2.63. The molecule has 0 fully saturated rings. The van der Waals surface area contributed by atoms with Crippen molar-refractivity contribution in [1.82, 2.24) is 5.43 Å². The molecule has 5 nitrogen and oxygen atoms in total. The number of nitrogens with zero attached hydrogens (tertiary/aromatic N) is 2. The largest absolute Gasteiger partial charge is 0.366 e. The van der Waals surface area contributed by atoms with Gasteiger partial charge in [-0.15, -0.1) is 0 Å². The van der Waals surface area contributed by atoms with Crippen molar-refractivity contribution in [3.63, 3.8) is 0 Å². The molecule has 1 heterocycles. The second-order valence-electron chi connectivity index (χ2n) is 7.78. The molecule has 0 saturated heterocycles. The molecule has 0 spiro atoms. The highest BCUT2D eigenvalue weighted by Crippen LogP contribution is 2.43. The predicted molar refractivity (Wildman–Crippen MR) is 113 cm³/mol. The maximum absolute atomic E-state index is 14.7. The van der Waals surface area contributed by atoms with Crippen LogP contribution in [-0.2, 0) is 0 Å². The van der Waals surface area contributed by atoms with Crippen LogP contribution in [0.4, 0.5) is 20.6 Å². The van der Waals surface area contributed by atoms with E-state index in [4.69, 9.17) is 0 Å². The summed E-state index contributed by atoms with van der Waals surface area (Å²) in [4.78, 5) is 14.1. The molecule has 0 aliphatic carbocycles. The molecule has 2 aromatic rings. The number of hydrogen-bond acceptors (Lipinski definition) is 3. The monoisotopic (exact) mass is 382 g/mol. The molecule has 0 radical (unpaired) electrons. The molecule has 28 heavy (non-hydrogen) atoms. The summed E-state index contributed by atoms with van der Waals surface area (Å²) >= 11 is 0. The first-order valence-corrected chi connectivity index (χ1v) is 9.58. The Labute approximate surface area is 165 Å². The van der Waals surface area contributed by atoms with Gasteiger partial charge in [0.1, 0.15) is 5.82 Å². The lowest BCUT2D eigenvalue weighted by molar-refractivity contribution is 0.252. The lowest BCUT2D eigenvalue weighted by atomic mass is 9.79. The lowest BCUT2D eigenvalue weighted by Gasteiger charge is -2.47. The van der Waals surface area contributed by atoms with Gasteiger partial charge >= 0.3 is 6.03 Å². The minimum Gasteiger partial charge on any atom is -0.366 e. The third-order valence-electron chi connectivity index (χ3n) is 5.22.